The fraction of sp³-hybridized carbons (Fsp3) is 0.200. The maximum Gasteiger partial charge on any atom is 0.340 e. The maximum atomic E-state index is 12.9. The van der Waals surface area contributed by atoms with Crippen molar-refractivity contribution in [1.29, 1.82) is 0 Å². The van der Waals surface area contributed by atoms with Crippen molar-refractivity contribution < 1.29 is 9.53 Å². The van der Waals surface area contributed by atoms with Gasteiger partial charge >= 0.3 is 5.97 Å². The van der Waals surface area contributed by atoms with Crippen LogP contribution < -0.4 is 4.74 Å². The second-order valence-electron chi connectivity index (χ2n) is 5.93. The van der Waals surface area contributed by atoms with Gasteiger partial charge in [0.2, 0.25) is 0 Å². The van der Waals surface area contributed by atoms with Crippen LogP contribution >= 0.6 is 0 Å². The van der Waals surface area contributed by atoms with Crippen LogP contribution in [0, 0.1) is 20.8 Å². The first-order chi connectivity index (χ1) is 11.6. The van der Waals surface area contributed by atoms with E-state index in [1.54, 1.807) is 23.1 Å². The highest BCUT2D eigenvalue weighted by molar-refractivity contribution is 5.80. The Balaban J connectivity index is 1.96. The smallest absolute Gasteiger partial charge is 0.340 e. The zero-order valence-electron chi connectivity index (χ0n) is 14.1. The van der Waals surface area contributed by atoms with Crippen molar-refractivity contribution in [2.75, 3.05) is 0 Å². The Morgan fingerprint density at radius 3 is 2.50 bits per heavy atom. The van der Waals surface area contributed by atoms with Gasteiger partial charge in [-0.1, -0.05) is 36.4 Å². The summed E-state index contributed by atoms with van der Waals surface area (Å²) in [6, 6.07) is 14.7. The summed E-state index contributed by atoms with van der Waals surface area (Å²) in [6.07, 6.45) is 3.43. The highest BCUT2D eigenvalue weighted by atomic mass is 16.5. The minimum absolute atomic E-state index is 0.349. The number of hydrogen-bond acceptors (Lipinski definition) is 3. The van der Waals surface area contributed by atoms with E-state index < -0.39 is 6.04 Å². The number of esters is 1. The van der Waals surface area contributed by atoms with E-state index in [0.29, 0.717) is 5.75 Å². The lowest BCUT2D eigenvalue weighted by Gasteiger charge is -2.18. The molecule has 4 heteroatoms. The van der Waals surface area contributed by atoms with Gasteiger partial charge in [-0.25, -0.2) is 4.79 Å². The van der Waals surface area contributed by atoms with Crippen LogP contribution in [-0.2, 0) is 4.79 Å². The van der Waals surface area contributed by atoms with Crippen molar-refractivity contribution in [2.24, 2.45) is 0 Å². The zero-order valence-corrected chi connectivity index (χ0v) is 14.1. The summed E-state index contributed by atoms with van der Waals surface area (Å²) < 4.78 is 7.37. The first kappa shape index (κ1) is 16.0. The Kier molecular flexibility index (Phi) is 4.47. The highest BCUT2D eigenvalue weighted by Gasteiger charge is 2.25. The van der Waals surface area contributed by atoms with E-state index in [-0.39, 0.29) is 5.97 Å². The molecule has 122 valence electrons. The summed E-state index contributed by atoms with van der Waals surface area (Å²) in [7, 11) is 0. The Labute approximate surface area is 141 Å². The Hall–Kier alpha value is -2.88. The molecule has 1 atom stereocenters. The SMILES string of the molecule is Cc1cc(C)c(C)c(OC(=O)[C@H](c2ccccc2)n2cccn2)c1. The summed E-state index contributed by atoms with van der Waals surface area (Å²) in [5, 5.41) is 4.23. The molecule has 0 saturated heterocycles. The van der Waals surface area contributed by atoms with Gasteiger partial charge in [0.25, 0.3) is 0 Å². The van der Waals surface area contributed by atoms with Crippen molar-refractivity contribution >= 4 is 5.97 Å². The standard InChI is InChI=1S/C20H20N2O2/c1-14-12-15(2)16(3)18(13-14)24-20(23)19(22-11-7-10-21-22)17-8-5-4-6-9-17/h4-13,19H,1-3H3/t19-/m0/s1. The van der Waals surface area contributed by atoms with Crippen LogP contribution in [0.3, 0.4) is 0 Å². The van der Waals surface area contributed by atoms with Gasteiger partial charge in [0.05, 0.1) is 0 Å². The quantitative estimate of drug-likeness (QED) is 0.539. The van der Waals surface area contributed by atoms with E-state index in [2.05, 4.69) is 11.2 Å². The topological polar surface area (TPSA) is 44.1 Å². The molecular weight excluding hydrogens is 300 g/mol. The number of aromatic nitrogens is 2. The van der Waals surface area contributed by atoms with Crippen molar-refractivity contribution in [3.05, 3.63) is 83.2 Å². The van der Waals surface area contributed by atoms with Gasteiger partial charge in [0.15, 0.2) is 6.04 Å². The molecule has 0 aliphatic rings. The van der Waals surface area contributed by atoms with Crippen molar-refractivity contribution in [2.45, 2.75) is 26.8 Å². The lowest BCUT2D eigenvalue weighted by molar-refractivity contribution is -0.137. The predicted octanol–water partition coefficient (Wildman–Crippen LogP) is 4.00. The van der Waals surface area contributed by atoms with Crippen LogP contribution in [-0.4, -0.2) is 15.7 Å². The first-order valence-corrected chi connectivity index (χ1v) is 7.90. The Morgan fingerprint density at radius 1 is 1.08 bits per heavy atom. The second kappa shape index (κ2) is 6.71. The van der Waals surface area contributed by atoms with Crippen LogP contribution in [0.25, 0.3) is 0 Å². The fourth-order valence-electron chi connectivity index (χ4n) is 2.74. The van der Waals surface area contributed by atoms with E-state index in [4.69, 9.17) is 4.74 Å². The number of rotatable bonds is 4. The number of aryl methyl sites for hydroxylation is 2. The molecule has 0 saturated carbocycles. The monoisotopic (exact) mass is 320 g/mol. The van der Waals surface area contributed by atoms with Crippen molar-refractivity contribution in [1.82, 2.24) is 9.78 Å². The van der Waals surface area contributed by atoms with Crippen LogP contribution in [0.1, 0.15) is 28.3 Å². The average molecular weight is 320 g/mol. The van der Waals surface area contributed by atoms with Gasteiger partial charge in [-0.3, -0.25) is 4.68 Å². The molecule has 3 aromatic rings. The largest absolute Gasteiger partial charge is 0.424 e. The number of nitrogens with zero attached hydrogens (tertiary/aromatic N) is 2. The lowest BCUT2D eigenvalue weighted by Crippen LogP contribution is -2.26. The molecule has 0 aliphatic carbocycles. The zero-order chi connectivity index (χ0) is 17.1. The molecule has 0 spiro atoms. The summed E-state index contributed by atoms with van der Waals surface area (Å²) in [6.45, 7) is 5.97. The summed E-state index contributed by atoms with van der Waals surface area (Å²) in [5.74, 6) is 0.253. The van der Waals surface area contributed by atoms with Gasteiger partial charge in [-0.05, 0) is 55.2 Å². The van der Waals surface area contributed by atoms with E-state index in [0.717, 1.165) is 22.3 Å². The van der Waals surface area contributed by atoms with Gasteiger partial charge < -0.3 is 4.74 Å². The molecule has 24 heavy (non-hydrogen) atoms. The third-order valence-electron chi connectivity index (χ3n) is 4.10. The second-order valence-corrected chi connectivity index (χ2v) is 5.93. The number of ether oxygens (including phenoxy) is 1. The van der Waals surface area contributed by atoms with Crippen LogP contribution in [0.5, 0.6) is 5.75 Å². The van der Waals surface area contributed by atoms with Gasteiger partial charge in [-0.15, -0.1) is 0 Å². The van der Waals surface area contributed by atoms with Gasteiger partial charge in [0, 0.05) is 12.4 Å². The third kappa shape index (κ3) is 3.23. The van der Waals surface area contributed by atoms with Crippen LogP contribution in [0.15, 0.2) is 60.9 Å². The van der Waals surface area contributed by atoms with E-state index >= 15 is 0 Å². The van der Waals surface area contributed by atoms with Crippen molar-refractivity contribution in [3.8, 4) is 5.75 Å². The molecule has 0 radical (unpaired) electrons. The van der Waals surface area contributed by atoms with E-state index in [1.807, 2.05) is 57.2 Å². The molecule has 0 fully saturated rings. The maximum absolute atomic E-state index is 12.9. The van der Waals surface area contributed by atoms with E-state index in [9.17, 15) is 4.79 Å². The van der Waals surface area contributed by atoms with Gasteiger partial charge in [-0.2, -0.15) is 5.10 Å². The highest BCUT2D eigenvalue weighted by Crippen LogP contribution is 2.26. The molecule has 1 heterocycles. The summed E-state index contributed by atoms with van der Waals surface area (Å²) in [5.41, 5.74) is 3.99. The van der Waals surface area contributed by atoms with Gasteiger partial charge in [0.1, 0.15) is 5.75 Å². The Morgan fingerprint density at radius 2 is 1.83 bits per heavy atom. The number of hydrogen-bond donors (Lipinski definition) is 0. The van der Waals surface area contributed by atoms with Crippen LogP contribution in [0.4, 0.5) is 0 Å². The number of carbonyl (C=O) groups is 1. The average Bonchev–Trinajstić information content (AvgIpc) is 3.07. The summed E-state index contributed by atoms with van der Waals surface area (Å²) in [4.78, 5) is 12.9. The molecule has 4 nitrogen and oxygen atoms in total. The Bertz CT molecular complexity index is 840. The fourth-order valence-corrected chi connectivity index (χ4v) is 2.74. The molecule has 1 aromatic heterocycles. The van der Waals surface area contributed by atoms with E-state index in [1.165, 1.54) is 0 Å². The van der Waals surface area contributed by atoms with Crippen LogP contribution in [0.2, 0.25) is 0 Å². The molecule has 3 rings (SSSR count). The molecule has 0 unspecified atom stereocenters. The third-order valence-corrected chi connectivity index (χ3v) is 4.10. The molecular formula is C20H20N2O2. The number of carbonyl (C=O) groups excluding carboxylic acids is 1. The lowest BCUT2D eigenvalue weighted by atomic mass is 10.1. The molecule has 0 bridgehead atoms. The normalized spacial score (nSPS) is 12.0. The number of benzene rings is 2. The molecule has 0 aliphatic heterocycles. The molecule has 0 amide bonds. The minimum Gasteiger partial charge on any atom is -0.424 e. The first-order valence-electron chi connectivity index (χ1n) is 7.90. The predicted molar refractivity (Wildman–Crippen MR) is 93.1 cm³/mol. The molecule has 2 aromatic carbocycles. The summed E-state index contributed by atoms with van der Waals surface area (Å²) >= 11 is 0. The van der Waals surface area contributed by atoms with Crippen molar-refractivity contribution in [3.63, 3.8) is 0 Å². The molecule has 0 N–H and O–H groups in total. The minimum atomic E-state index is -0.610.